The number of hydrogen-bond donors (Lipinski definition) is 0. The number of hydrogen-bond acceptors (Lipinski definition) is 0. The Morgan fingerprint density at radius 3 is 2.60 bits per heavy atom. The lowest BCUT2D eigenvalue weighted by Gasteiger charge is -1.95. The van der Waals surface area contributed by atoms with Crippen LogP contribution in [0.5, 0.6) is 0 Å². The second-order valence-electron chi connectivity index (χ2n) is 2.20. The van der Waals surface area contributed by atoms with Crippen LogP contribution in [0, 0.1) is 0 Å². The topological polar surface area (TPSA) is 0 Å². The van der Waals surface area contributed by atoms with E-state index in [1.165, 1.54) is 5.57 Å². The third-order valence-electron chi connectivity index (χ3n) is 1.39. The van der Waals surface area contributed by atoms with E-state index >= 15 is 0 Å². The Morgan fingerprint density at radius 1 is 1.50 bits per heavy atom. The molecule has 0 N–H and O–H groups in total. The molecule has 0 aromatic carbocycles. The summed E-state index contributed by atoms with van der Waals surface area (Å²) in [6, 6.07) is 0. The van der Waals surface area contributed by atoms with Crippen molar-refractivity contribution in [1.29, 1.82) is 0 Å². The van der Waals surface area contributed by atoms with E-state index in [2.05, 4.69) is 25.7 Å². The maximum absolute atomic E-state index is 3.69. The van der Waals surface area contributed by atoms with Crippen molar-refractivity contribution in [3.05, 3.63) is 36.5 Å². The summed E-state index contributed by atoms with van der Waals surface area (Å²) in [5.41, 5.74) is 1.44. The Kier molecular flexibility index (Phi) is 5.85. The first kappa shape index (κ1) is 9.22. The summed E-state index contributed by atoms with van der Waals surface area (Å²) in [5.74, 6) is 0. The van der Waals surface area contributed by atoms with E-state index in [0.717, 1.165) is 12.8 Å². The van der Waals surface area contributed by atoms with Crippen LogP contribution in [0.1, 0.15) is 26.7 Å². The van der Waals surface area contributed by atoms with Crippen LogP contribution >= 0.6 is 0 Å². The molecule has 0 aliphatic carbocycles. The van der Waals surface area contributed by atoms with Crippen molar-refractivity contribution in [3.63, 3.8) is 0 Å². The third-order valence-corrected chi connectivity index (χ3v) is 1.39. The van der Waals surface area contributed by atoms with Crippen LogP contribution < -0.4 is 0 Å². The van der Waals surface area contributed by atoms with Crippen LogP contribution in [-0.4, -0.2) is 0 Å². The molecule has 0 nitrogen and oxygen atoms in total. The lowest BCUT2D eigenvalue weighted by atomic mass is 10.1. The fourth-order valence-corrected chi connectivity index (χ4v) is 0.748. The van der Waals surface area contributed by atoms with Gasteiger partial charge in [0.2, 0.25) is 0 Å². The van der Waals surface area contributed by atoms with Gasteiger partial charge in [-0.05, 0) is 19.8 Å². The van der Waals surface area contributed by atoms with E-state index in [4.69, 9.17) is 0 Å². The Bertz CT molecular complexity index is 138. The second-order valence-corrected chi connectivity index (χ2v) is 2.20. The molecule has 0 amide bonds. The molecule has 0 saturated heterocycles. The minimum atomic E-state index is 1.01. The molecule has 0 bridgehead atoms. The van der Waals surface area contributed by atoms with Crippen LogP contribution in [0.3, 0.4) is 0 Å². The smallest absolute Gasteiger partial charge is 0.0138 e. The predicted octanol–water partition coefficient (Wildman–Crippen LogP) is 3.48. The highest BCUT2D eigenvalue weighted by molar-refractivity contribution is 5.13. The molecular weight excluding hydrogens is 120 g/mol. The monoisotopic (exact) mass is 136 g/mol. The summed E-state index contributed by atoms with van der Waals surface area (Å²) < 4.78 is 0. The molecule has 56 valence electrons. The summed E-state index contributed by atoms with van der Waals surface area (Å²) in [4.78, 5) is 0. The van der Waals surface area contributed by atoms with E-state index in [0.29, 0.717) is 0 Å². The molecule has 0 rings (SSSR count). The van der Waals surface area contributed by atoms with Gasteiger partial charge >= 0.3 is 0 Å². The number of rotatable bonds is 4. The van der Waals surface area contributed by atoms with Crippen molar-refractivity contribution in [3.8, 4) is 0 Å². The largest absolute Gasteiger partial charge is 0.103 e. The zero-order valence-electron chi connectivity index (χ0n) is 6.93. The van der Waals surface area contributed by atoms with Gasteiger partial charge in [0.1, 0.15) is 0 Å². The van der Waals surface area contributed by atoms with Gasteiger partial charge in [-0.1, -0.05) is 36.8 Å². The molecule has 0 unspecified atom stereocenters. The zero-order valence-corrected chi connectivity index (χ0v) is 6.93. The molecule has 10 heavy (non-hydrogen) atoms. The minimum absolute atomic E-state index is 1.01. The highest BCUT2D eigenvalue weighted by atomic mass is 13.9. The maximum atomic E-state index is 3.69. The van der Waals surface area contributed by atoms with Crippen molar-refractivity contribution in [2.75, 3.05) is 0 Å². The molecule has 0 heteroatoms. The molecule has 0 aromatic rings. The lowest BCUT2D eigenvalue weighted by molar-refractivity contribution is 1.03. The lowest BCUT2D eigenvalue weighted by Crippen LogP contribution is -1.75. The summed E-state index contributed by atoms with van der Waals surface area (Å²) >= 11 is 0. The van der Waals surface area contributed by atoms with Crippen LogP contribution in [0.15, 0.2) is 36.5 Å². The van der Waals surface area contributed by atoms with E-state index in [1.54, 1.807) is 0 Å². The number of allylic oxidation sites excluding steroid dienone is 5. The molecule has 0 aliphatic rings. The van der Waals surface area contributed by atoms with Crippen LogP contribution in [0.25, 0.3) is 0 Å². The average molecular weight is 136 g/mol. The molecule has 0 heterocycles. The van der Waals surface area contributed by atoms with Crippen molar-refractivity contribution >= 4 is 0 Å². The fraction of sp³-hybridized carbons (Fsp3) is 0.400. The van der Waals surface area contributed by atoms with Crippen molar-refractivity contribution < 1.29 is 0 Å². The highest BCUT2D eigenvalue weighted by Crippen LogP contribution is 2.06. The van der Waals surface area contributed by atoms with Gasteiger partial charge < -0.3 is 0 Å². The Hall–Kier alpha value is -0.780. The Morgan fingerprint density at radius 2 is 2.20 bits per heavy atom. The molecule has 0 fully saturated rings. The average Bonchev–Trinajstić information content (AvgIpc) is 1.98. The van der Waals surface area contributed by atoms with Gasteiger partial charge in [0.15, 0.2) is 0 Å². The summed E-state index contributed by atoms with van der Waals surface area (Å²) in [6.07, 6.45) is 10.3. The van der Waals surface area contributed by atoms with E-state index < -0.39 is 0 Å². The normalized spacial score (nSPS) is 12.4. The zero-order chi connectivity index (χ0) is 7.82. The Labute approximate surface area is 64.0 Å². The van der Waals surface area contributed by atoms with Crippen molar-refractivity contribution in [2.24, 2.45) is 0 Å². The molecule has 0 aliphatic heterocycles. The second kappa shape index (κ2) is 6.34. The molecule has 0 saturated carbocycles. The van der Waals surface area contributed by atoms with Gasteiger partial charge in [-0.15, -0.1) is 6.58 Å². The van der Waals surface area contributed by atoms with E-state index in [1.807, 2.05) is 19.1 Å². The molecular formula is C10H16. The molecule has 0 aromatic heterocycles. The third kappa shape index (κ3) is 4.13. The van der Waals surface area contributed by atoms with E-state index in [9.17, 15) is 0 Å². The molecule has 0 atom stereocenters. The van der Waals surface area contributed by atoms with Crippen LogP contribution in [0.4, 0.5) is 0 Å². The first-order chi connectivity index (χ1) is 4.85. The van der Waals surface area contributed by atoms with Gasteiger partial charge in [-0.3, -0.25) is 0 Å². The van der Waals surface area contributed by atoms with Crippen molar-refractivity contribution in [2.45, 2.75) is 26.7 Å². The highest BCUT2D eigenvalue weighted by Gasteiger charge is 1.85. The standard InChI is InChI=1S/C10H16/c1-4-7-9-10(6-3)8-5-2/h4-5,7,9H,2,6,8H2,1,3H3/b7-4-,10-9+. The summed E-state index contributed by atoms with van der Waals surface area (Å²) in [6.45, 7) is 7.88. The van der Waals surface area contributed by atoms with Gasteiger partial charge in [0.25, 0.3) is 0 Å². The summed E-state index contributed by atoms with van der Waals surface area (Å²) in [5, 5.41) is 0. The fourth-order valence-electron chi connectivity index (χ4n) is 0.748. The van der Waals surface area contributed by atoms with Crippen LogP contribution in [0.2, 0.25) is 0 Å². The van der Waals surface area contributed by atoms with Crippen molar-refractivity contribution in [1.82, 2.24) is 0 Å². The van der Waals surface area contributed by atoms with Gasteiger partial charge in [0, 0.05) is 0 Å². The SMILES string of the molecule is C=CC/C(=C/C=C\C)CC. The van der Waals surface area contributed by atoms with Gasteiger partial charge in [0.05, 0.1) is 0 Å². The molecule has 0 spiro atoms. The minimum Gasteiger partial charge on any atom is -0.103 e. The molecule has 0 radical (unpaired) electrons. The van der Waals surface area contributed by atoms with Gasteiger partial charge in [-0.2, -0.15) is 0 Å². The summed E-state index contributed by atoms with van der Waals surface area (Å²) in [7, 11) is 0. The quantitative estimate of drug-likeness (QED) is 0.410. The van der Waals surface area contributed by atoms with Crippen LogP contribution in [-0.2, 0) is 0 Å². The predicted molar refractivity (Wildman–Crippen MR) is 48.0 cm³/mol. The maximum Gasteiger partial charge on any atom is -0.0138 e. The Balaban J connectivity index is 3.89. The van der Waals surface area contributed by atoms with Gasteiger partial charge in [-0.25, -0.2) is 0 Å². The van der Waals surface area contributed by atoms with E-state index in [-0.39, 0.29) is 0 Å². The first-order valence-electron chi connectivity index (χ1n) is 3.76. The first-order valence-corrected chi connectivity index (χ1v) is 3.76.